The fourth-order valence-electron chi connectivity index (χ4n) is 0.489. The SMILES string of the molecule is CC(C)(CS)COCC(F)(F)F. The average Bonchev–Trinajstić information content (AvgIpc) is 1.84. The summed E-state index contributed by atoms with van der Waals surface area (Å²) in [6, 6.07) is 0. The molecule has 0 spiro atoms. The van der Waals surface area contributed by atoms with Crippen LogP contribution >= 0.6 is 12.6 Å². The molecule has 74 valence electrons. The van der Waals surface area contributed by atoms with Crippen molar-refractivity contribution in [3.63, 3.8) is 0 Å². The van der Waals surface area contributed by atoms with Crippen LogP contribution in [-0.2, 0) is 4.74 Å². The predicted octanol–water partition coefficient (Wildman–Crippen LogP) is 2.52. The minimum atomic E-state index is -4.23. The summed E-state index contributed by atoms with van der Waals surface area (Å²) in [6.07, 6.45) is -4.23. The van der Waals surface area contributed by atoms with Gasteiger partial charge in [-0.05, 0) is 11.2 Å². The third-order valence-electron chi connectivity index (χ3n) is 1.19. The molecule has 0 unspecified atom stereocenters. The van der Waals surface area contributed by atoms with Crippen LogP contribution in [0.3, 0.4) is 0 Å². The van der Waals surface area contributed by atoms with Gasteiger partial charge in [-0.1, -0.05) is 13.8 Å². The van der Waals surface area contributed by atoms with E-state index in [2.05, 4.69) is 17.4 Å². The molecule has 5 heteroatoms. The monoisotopic (exact) mass is 202 g/mol. The van der Waals surface area contributed by atoms with E-state index in [-0.39, 0.29) is 12.0 Å². The van der Waals surface area contributed by atoms with Crippen LogP contribution in [0.5, 0.6) is 0 Å². The molecule has 0 N–H and O–H groups in total. The first-order valence-electron chi connectivity index (χ1n) is 3.52. The van der Waals surface area contributed by atoms with Crippen LogP contribution in [0.4, 0.5) is 13.2 Å². The average molecular weight is 202 g/mol. The molecule has 0 rings (SSSR count). The molecule has 0 saturated heterocycles. The van der Waals surface area contributed by atoms with Gasteiger partial charge in [0.05, 0.1) is 6.61 Å². The highest BCUT2D eigenvalue weighted by Crippen LogP contribution is 2.20. The smallest absolute Gasteiger partial charge is 0.371 e. The van der Waals surface area contributed by atoms with Crippen molar-refractivity contribution in [1.29, 1.82) is 0 Å². The molecule has 0 heterocycles. The standard InChI is InChI=1S/C7H13F3OS/c1-6(2,5-12)3-11-4-7(8,9)10/h12H,3-5H2,1-2H3. The van der Waals surface area contributed by atoms with Crippen molar-refractivity contribution < 1.29 is 17.9 Å². The van der Waals surface area contributed by atoms with Crippen molar-refractivity contribution in [1.82, 2.24) is 0 Å². The molecule has 0 aliphatic rings. The van der Waals surface area contributed by atoms with Crippen molar-refractivity contribution in [3.05, 3.63) is 0 Å². The van der Waals surface area contributed by atoms with E-state index in [1.54, 1.807) is 13.8 Å². The Kier molecular flexibility index (Phi) is 4.40. The van der Waals surface area contributed by atoms with E-state index >= 15 is 0 Å². The maximum absolute atomic E-state index is 11.6. The van der Waals surface area contributed by atoms with E-state index in [9.17, 15) is 13.2 Å². The van der Waals surface area contributed by atoms with Crippen LogP contribution in [0, 0.1) is 5.41 Å². The lowest BCUT2D eigenvalue weighted by Crippen LogP contribution is -2.25. The summed E-state index contributed by atoms with van der Waals surface area (Å²) in [5.74, 6) is 0.505. The zero-order valence-electron chi connectivity index (χ0n) is 7.11. The highest BCUT2D eigenvalue weighted by Gasteiger charge is 2.28. The Bertz CT molecular complexity index is 133. The van der Waals surface area contributed by atoms with Gasteiger partial charge in [-0.25, -0.2) is 0 Å². The molecule has 0 bridgehead atoms. The number of hydrogen-bond donors (Lipinski definition) is 1. The summed E-state index contributed by atoms with van der Waals surface area (Å²) in [6.45, 7) is 2.51. The van der Waals surface area contributed by atoms with E-state index in [1.165, 1.54) is 0 Å². The maximum atomic E-state index is 11.6. The molecule has 0 atom stereocenters. The molecular formula is C7H13F3OS. The number of thiol groups is 1. The summed E-state index contributed by atoms with van der Waals surface area (Å²) in [5.41, 5.74) is -0.297. The second kappa shape index (κ2) is 4.37. The second-order valence-corrected chi connectivity index (χ2v) is 3.75. The lowest BCUT2D eigenvalue weighted by atomic mass is 9.98. The minimum Gasteiger partial charge on any atom is -0.371 e. The molecule has 0 aliphatic carbocycles. The van der Waals surface area contributed by atoms with E-state index < -0.39 is 12.8 Å². The van der Waals surface area contributed by atoms with Gasteiger partial charge in [0.15, 0.2) is 0 Å². The number of ether oxygens (including phenoxy) is 1. The molecule has 0 fully saturated rings. The van der Waals surface area contributed by atoms with Crippen molar-refractivity contribution in [2.75, 3.05) is 19.0 Å². The Morgan fingerprint density at radius 3 is 2.00 bits per heavy atom. The summed E-state index contributed by atoms with van der Waals surface area (Å²) in [7, 11) is 0. The van der Waals surface area contributed by atoms with Gasteiger partial charge >= 0.3 is 6.18 Å². The van der Waals surface area contributed by atoms with Gasteiger partial charge in [0.25, 0.3) is 0 Å². The van der Waals surface area contributed by atoms with Crippen molar-refractivity contribution in [2.45, 2.75) is 20.0 Å². The first kappa shape index (κ1) is 12.1. The molecule has 0 radical (unpaired) electrons. The van der Waals surface area contributed by atoms with Crippen LogP contribution in [0.1, 0.15) is 13.8 Å². The molecule has 1 nitrogen and oxygen atoms in total. The Balaban J connectivity index is 3.57. The number of hydrogen-bond acceptors (Lipinski definition) is 2. The highest BCUT2D eigenvalue weighted by molar-refractivity contribution is 7.80. The zero-order valence-corrected chi connectivity index (χ0v) is 8.01. The van der Waals surface area contributed by atoms with Gasteiger partial charge in [-0.15, -0.1) is 0 Å². The Hall–Kier alpha value is 0.100. The largest absolute Gasteiger partial charge is 0.411 e. The van der Waals surface area contributed by atoms with Gasteiger partial charge < -0.3 is 4.74 Å². The molecule has 0 aromatic rings. The third kappa shape index (κ3) is 6.79. The van der Waals surface area contributed by atoms with Crippen LogP contribution in [0.15, 0.2) is 0 Å². The highest BCUT2D eigenvalue weighted by atomic mass is 32.1. The summed E-state index contributed by atoms with van der Waals surface area (Å²) in [4.78, 5) is 0. The van der Waals surface area contributed by atoms with Gasteiger partial charge in [0.1, 0.15) is 6.61 Å². The van der Waals surface area contributed by atoms with Crippen molar-refractivity contribution in [3.8, 4) is 0 Å². The van der Waals surface area contributed by atoms with E-state index in [4.69, 9.17) is 0 Å². The fourth-order valence-corrected chi connectivity index (χ4v) is 0.580. The molecular weight excluding hydrogens is 189 g/mol. The summed E-state index contributed by atoms with van der Waals surface area (Å²) >= 11 is 3.99. The first-order chi connectivity index (χ1) is 5.27. The van der Waals surface area contributed by atoms with Crippen molar-refractivity contribution >= 4 is 12.6 Å². The molecule has 0 aromatic carbocycles. The lowest BCUT2D eigenvalue weighted by molar-refractivity contribution is -0.178. The Morgan fingerprint density at radius 2 is 1.67 bits per heavy atom. The van der Waals surface area contributed by atoms with E-state index in [0.717, 1.165) is 0 Å². The quantitative estimate of drug-likeness (QED) is 0.689. The Labute approximate surface area is 75.7 Å². The van der Waals surface area contributed by atoms with E-state index in [0.29, 0.717) is 5.75 Å². The Morgan fingerprint density at radius 1 is 1.17 bits per heavy atom. The van der Waals surface area contributed by atoms with Crippen LogP contribution in [0.25, 0.3) is 0 Å². The second-order valence-electron chi connectivity index (χ2n) is 3.43. The van der Waals surface area contributed by atoms with Crippen LogP contribution < -0.4 is 0 Å². The van der Waals surface area contributed by atoms with Gasteiger partial charge in [-0.2, -0.15) is 25.8 Å². The molecule has 0 saturated carbocycles. The first-order valence-corrected chi connectivity index (χ1v) is 4.15. The number of rotatable bonds is 4. The van der Waals surface area contributed by atoms with Gasteiger partial charge in [0, 0.05) is 0 Å². The van der Waals surface area contributed by atoms with Gasteiger partial charge in [0.2, 0.25) is 0 Å². The van der Waals surface area contributed by atoms with Gasteiger partial charge in [-0.3, -0.25) is 0 Å². The normalized spacial score (nSPS) is 13.5. The van der Waals surface area contributed by atoms with Crippen LogP contribution in [0.2, 0.25) is 0 Å². The molecule has 12 heavy (non-hydrogen) atoms. The molecule has 0 aliphatic heterocycles. The van der Waals surface area contributed by atoms with Crippen LogP contribution in [-0.4, -0.2) is 25.1 Å². The summed E-state index contributed by atoms with van der Waals surface area (Å²) < 4.78 is 39.3. The topological polar surface area (TPSA) is 9.23 Å². The predicted molar refractivity (Wildman–Crippen MR) is 44.5 cm³/mol. The number of halogens is 3. The number of alkyl halides is 3. The lowest BCUT2D eigenvalue weighted by Gasteiger charge is -2.21. The molecule has 0 amide bonds. The maximum Gasteiger partial charge on any atom is 0.411 e. The summed E-state index contributed by atoms with van der Waals surface area (Å²) in [5, 5.41) is 0. The fraction of sp³-hybridized carbons (Fsp3) is 1.00. The molecule has 0 aromatic heterocycles. The minimum absolute atomic E-state index is 0.0794. The van der Waals surface area contributed by atoms with Crippen molar-refractivity contribution in [2.24, 2.45) is 5.41 Å². The third-order valence-corrected chi connectivity index (χ3v) is 2.04. The van der Waals surface area contributed by atoms with E-state index in [1.807, 2.05) is 0 Å². The zero-order chi connectivity index (χ0) is 9.83.